The summed E-state index contributed by atoms with van der Waals surface area (Å²) in [7, 11) is -4.10. The molecule has 1 heterocycles. The van der Waals surface area contributed by atoms with Gasteiger partial charge in [0.05, 0.1) is 6.61 Å². The number of benzene rings is 1. The predicted octanol–water partition coefficient (Wildman–Crippen LogP) is 2.16. The van der Waals surface area contributed by atoms with Gasteiger partial charge in [-0.25, -0.2) is 9.53 Å². The molecule has 1 aliphatic carbocycles. The van der Waals surface area contributed by atoms with Crippen molar-refractivity contribution < 1.29 is 26.5 Å². The molecule has 2 aliphatic rings. The summed E-state index contributed by atoms with van der Waals surface area (Å²) in [5, 5.41) is 4.88. The second-order valence-corrected chi connectivity index (χ2v) is 7.19. The molecule has 8 heteroatoms. The summed E-state index contributed by atoms with van der Waals surface area (Å²) in [4.78, 5) is 0. The fraction of sp³-hybridized carbons (Fsp3) is 0.600. The molecule has 1 aromatic rings. The second kappa shape index (κ2) is 6.45. The van der Waals surface area contributed by atoms with Crippen LogP contribution in [0.1, 0.15) is 43.8 Å². The lowest BCUT2D eigenvalue weighted by atomic mass is 9.94. The van der Waals surface area contributed by atoms with E-state index in [1.807, 2.05) is 0 Å². The summed E-state index contributed by atoms with van der Waals surface area (Å²) in [5.41, 5.74) is 0.331. The number of ether oxygens (including phenoxy) is 2. The zero-order chi connectivity index (χ0) is 16.5. The van der Waals surface area contributed by atoms with E-state index in [-0.39, 0.29) is 6.61 Å². The van der Waals surface area contributed by atoms with E-state index in [0.29, 0.717) is 18.4 Å². The zero-order valence-corrected chi connectivity index (χ0v) is 13.4. The van der Waals surface area contributed by atoms with Gasteiger partial charge in [0.1, 0.15) is 18.0 Å². The van der Waals surface area contributed by atoms with Crippen LogP contribution in [-0.4, -0.2) is 26.9 Å². The van der Waals surface area contributed by atoms with Gasteiger partial charge in [-0.15, -0.1) is 0 Å². The summed E-state index contributed by atoms with van der Waals surface area (Å²) < 4.78 is 52.9. The Morgan fingerprint density at radius 3 is 2.57 bits per heavy atom. The lowest BCUT2D eigenvalue weighted by Gasteiger charge is -2.32. The van der Waals surface area contributed by atoms with Gasteiger partial charge >= 0.3 is 10.3 Å². The molecule has 23 heavy (non-hydrogen) atoms. The topological polar surface area (TPSA) is 87.9 Å². The van der Waals surface area contributed by atoms with Crippen LogP contribution in [0, 0.1) is 5.82 Å². The number of hydrogen-bond acceptors (Lipinski definition) is 5. The molecule has 3 rings (SSSR count). The van der Waals surface area contributed by atoms with Crippen molar-refractivity contribution in [2.45, 2.75) is 50.1 Å². The summed E-state index contributed by atoms with van der Waals surface area (Å²) in [6.45, 7) is -0.306. The molecular formula is C15H20FNO5S. The molecule has 0 aromatic heterocycles. The summed E-state index contributed by atoms with van der Waals surface area (Å²) in [5.74, 6) is -1.22. The molecule has 0 radical (unpaired) electrons. The Balaban J connectivity index is 1.85. The average Bonchev–Trinajstić information content (AvgIpc) is 2.84. The molecule has 2 fully saturated rings. The maximum Gasteiger partial charge on any atom is 0.333 e. The van der Waals surface area contributed by atoms with Crippen LogP contribution >= 0.6 is 0 Å². The lowest BCUT2D eigenvalue weighted by molar-refractivity contribution is -0.196. The van der Waals surface area contributed by atoms with E-state index in [4.69, 9.17) is 14.6 Å². The maximum absolute atomic E-state index is 14.1. The van der Waals surface area contributed by atoms with Crippen LogP contribution in [0.3, 0.4) is 0 Å². The number of nitrogens with two attached hydrogens (primary N) is 1. The van der Waals surface area contributed by atoms with Crippen LogP contribution in [0.25, 0.3) is 0 Å². The molecule has 0 bridgehead atoms. The highest BCUT2D eigenvalue weighted by atomic mass is 32.2. The second-order valence-electron chi connectivity index (χ2n) is 5.96. The first kappa shape index (κ1) is 16.8. The summed E-state index contributed by atoms with van der Waals surface area (Å²) in [6, 6.07) is 6.23. The van der Waals surface area contributed by atoms with Crippen molar-refractivity contribution in [3.63, 3.8) is 0 Å². The molecule has 1 aromatic carbocycles. The van der Waals surface area contributed by atoms with Gasteiger partial charge in [0.15, 0.2) is 5.79 Å². The third-order valence-electron chi connectivity index (χ3n) is 4.27. The highest BCUT2D eigenvalue weighted by Gasteiger charge is 2.49. The van der Waals surface area contributed by atoms with Crippen molar-refractivity contribution in [3.8, 4) is 0 Å². The Hall–Kier alpha value is -1.06. The minimum Gasteiger partial charge on any atom is -0.341 e. The largest absolute Gasteiger partial charge is 0.341 e. The van der Waals surface area contributed by atoms with Crippen LogP contribution in [0.5, 0.6) is 0 Å². The maximum atomic E-state index is 14.1. The standard InChI is InChI=1S/C15H20FNO5S/c16-12-7-3-2-6-11(12)14-13(10-20-23(17,18)19)21-15(22-14)8-4-1-5-9-15/h2-3,6-7,13-14H,1,4-5,8-10H2,(H2,17,18,19)/t13-,14-/m0/s1. The lowest BCUT2D eigenvalue weighted by Crippen LogP contribution is -2.34. The number of hydrogen-bond donors (Lipinski definition) is 1. The van der Waals surface area contributed by atoms with Crippen LogP contribution in [0.2, 0.25) is 0 Å². The van der Waals surface area contributed by atoms with E-state index in [0.717, 1.165) is 19.3 Å². The molecule has 0 unspecified atom stereocenters. The van der Waals surface area contributed by atoms with E-state index in [9.17, 15) is 12.8 Å². The first-order valence-electron chi connectivity index (χ1n) is 7.66. The molecular weight excluding hydrogens is 325 g/mol. The molecule has 128 valence electrons. The molecule has 2 N–H and O–H groups in total. The molecule has 1 saturated carbocycles. The Kier molecular flexibility index (Phi) is 4.70. The normalized spacial score (nSPS) is 27.4. The predicted molar refractivity (Wildman–Crippen MR) is 80.0 cm³/mol. The van der Waals surface area contributed by atoms with Gasteiger partial charge in [-0.05, 0) is 18.9 Å². The van der Waals surface area contributed by atoms with Gasteiger partial charge < -0.3 is 9.47 Å². The number of rotatable bonds is 4. The molecule has 0 amide bonds. The van der Waals surface area contributed by atoms with Gasteiger partial charge in [0.2, 0.25) is 0 Å². The third-order valence-corrected chi connectivity index (χ3v) is 4.73. The highest BCUT2D eigenvalue weighted by molar-refractivity contribution is 7.84. The van der Waals surface area contributed by atoms with Crippen molar-refractivity contribution in [3.05, 3.63) is 35.6 Å². The van der Waals surface area contributed by atoms with Gasteiger partial charge in [0.25, 0.3) is 0 Å². The van der Waals surface area contributed by atoms with Gasteiger partial charge in [0, 0.05) is 18.4 Å². The van der Waals surface area contributed by atoms with Crippen LogP contribution in [0.4, 0.5) is 4.39 Å². The van der Waals surface area contributed by atoms with E-state index >= 15 is 0 Å². The SMILES string of the molecule is NS(=O)(=O)OC[C@@H]1OC2(CCCCC2)O[C@H]1c1ccccc1F. The van der Waals surface area contributed by atoms with E-state index in [1.54, 1.807) is 18.2 Å². The minimum absolute atomic E-state index is 0.306. The third kappa shape index (κ3) is 3.89. The van der Waals surface area contributed by atoms with Gasteiger partial charge in [-0.1, -0.05) is 24.6 Å². The van der Waals surface area contributed by atoms with Crippen molar-refractivity contribution in [1.82, 2.24) is 0 Å². The van der Waals surface area contributed by atoms with Crippen molar-refractivity contribution >= 4 is 10.3 Å². The van der Waals surface area contributed by atoms with Crippen LogP contribution in [-0.2, 0) is 24.0 Å². The monoisotopic (exact) mass is 345 g/mol. The Bertz CT molecular complexity index is 660. The van der Waals surface area contributed by atoms with Crippen LogP contribution < -0.4 is 5.14 Å². The number of halogens is 1. The summed E-state index contributed by atoms with van der Waals surface area (Å²) in [6.07, 6.45) is 2.93. The molecule has 1 spiro atoms. The first-order chi connectivity index (χ1) is 10.9. The van der Waals surface area contributed by atoms with Crippen molar-refractivity contribution in [2.24, 2.45) is 5.14 Å². The summed E-state index contributed by atoms with van der Waals surface area (Å²) >= 11 is 0. The zero-order valence-electron chi connectivity index (χ0n) is 12.6. The molecule has 1 aliphatic heterocycles. The van der Waals surface area contributed by atoms with Gasteiger partial charge in [-0.2, -0.15) is 8.42 Å². The molecule has 6 nitrogen and oxygen atoms in total. The Morgan fingerprint density at radius 2 is 1.91 bits per heavy atom. The van der Waals surface area contributed by atoms with Crippen molar-refractivity contribution in [2.75, 3.05) is 6.61 Å². The molecule has 1 saturated heterocycles. The van der Waals surface area contributed by atoms with Crippen LogP contribution in [0.15, 0.2) is 24.3 Å². The highest BCUT2D eigenvalue weighted by Crippen LogP contribution is 2.46. The quantitative estimate of drug-likeness (QED) is 0.903. The minimum atomic E-state index is -4.10. The first-order valence-corrected chi connectivity index (χ1v) is 9.13. The van der Waals surface area contributed by atoms with E-state index in [1.165, 1.54) is 6.07 Å². The molecule has 2 atom stereocenters. The van der Waals surface area contributed by atoms with E-state index < -0.39 is 34.1 Å². The smallest absolute Gasteiger partial charge is 0.333 e. The fourth-order valence-electron chi connectivity index (χ4n) is 3.25. The van der Waals surface area contributed by atoms with E-state index in [2.05, 4.69) is 4.18 Å². The van der Waals surface area contributed by atoms with Gasteiger partial charge in [-0.3, -0.25) is 4.18 Å². The Labute approximate surface area is 135 Å². The Morgan fingerprint density at radius 1 is 1.22 bits per heavy atom. The average molecular weight is 345 g/mol. The van der Waals surface area contributed by atoms with Crippen molar-refractivity contribution in [1.29, 1.82) is 0 Å². The fourth-order valence-corrected chi connectivity index (χ4v) is 3.58.